The van der Waals surface area contributed by atoms with E-state index in [9.17, 15) is 15.0 Å². The van der Waals surface area contributed by atoms with Crippen molar-refractivity contribution in [3.05, 3.63) is 0 Å². The number of carboxylic acid groups (broad SMARTS) is 1. The lowest BCUT2D eigenvalue weighted by Gasteiger charge is -2.35. The largest absolute Gasteiger partial charge is 0.479 e. The Morgan fingerprint density at radius 3 is 2.07 bits per heavy atom. The molecule has 0 radical (unpaired) electrons. The molecule has 84 valence electrons. The van der Waals surface area contributed by atoms with E-state index in [0.29, 0.717) is 12.8 Å². The summed E-state index contributed by atoms with van der Waals surface area (Å²) >= 11 is 0. The van der Waals surface area contributed by atoms with Crippen molar-refractivity contribution in [2.75, 3.05) is 0 Å². The van der Waals surface area contributed by atoms with Crippen LogP contribution in [0.2, 0.25) is 0 Å². The molecule has 0 aromatic carbocycles. The number of hydrogen-bond acceptors (Lipinski definition) is 3. The normalized spacial score (nSPS) is 19.8. The molecule has 0 aromatic rings. The van der Waals surface area contributed by atoms with E-state index in [1.54, 1.807) is 0 Å². The van der Waals surface area contributed by atoms with Crippen LogP contribution in [0.4, 0.5) is 0 Å². The van der Waals surface area contributed by atoms with Gasteiger partial charge in [0, 0.05) is 0 Å². The van der Waals surface area contributed by atoms with Crippen LogP contribution < -0.4 is 0 Å². The van der Waals surface area contributed by atoms with Crippen molar-refractivity contribution in [2.45, 2.75) is 57.7 Å². The summed E-state index contributed by atoms with van der Waals surface area (Å²) in [5, 5.41) is 28.1. The average molecular weight is 204 g/mol. The highest BCUT2D eigenvalue weighted by atomic mass is 16.4. The summed E-state index contributed by atoms with van der Waals surface area (Å²) in [4.78, 5) is 10.7. The summed E-state index contributed by atoms with van der Waals surface area (Å²) < 4.78 is 0. The van der Waals surface area contributed by atoms with Crippen molar-refractivity contribution >= 4 is 5.97 Å². The van der Waals surface area contributed by atoms with Gasteiger partial charge >= 0.3 is 5.97 Å². The highest BCUT2D eigenvalue weighted by molar-refractivity contribution is 5.78. The van der Waals surface area contributed by atoms with Crippen LogP contribution in [-0.2, 0) is 4.79 Å². The number of unbranched alkanes of at least 4 members (excludes halogenated alkanes) is 2. The molecule has 0 rings (SSSR count). The third kappa shape index (κ3) is 2.96. The molecule has 0 aromatic heterocycles. The molecule has 2 unspecified atom stereocenters. The van der Waals surface area contributed by atoms with Crippen LogP contribution in [0.25, 0.3) is 0 Å². The van der Waals surface area contributed by atoms with Crippen LogP contribution in [0.1, 0.15) is 46.5 Å². The van der Waals surface area contributed by atoms with Gasteiger partial charge in [-0.2, -0.15) is 0 Å². The Hall–Kier alpha value is -0.610. The third-order valence-corrected chi connectivity index (χ3v) is 2.73. The van der Waals surface area contributed by atoms with Crippen LogP contribution in [0.5, 0.6) is 0 Å². The van der Waals surface area contributed by atoms with Gasteiger partial charge in [0.1, 0.15) is 5.60 Å². The lowest BCUT2D eigenvalue weighted by atomic mass is 9.82. The van der Waals surface area contributed by atoms with E-state index >= 15 is 0 Å². The second-order valence-electron chi connectivity index (χ2n) is 4.11. The van der Waals surface area contributed by atoms with Crippen LogP contribution in [0.15, 0.2) is 0 Å². The minimum Gasteiger partial charge on any atom is -0.479 e. The van der Waals surface area contributed by atoms with Gasteiger partial charge in [-0.1, -0.05) is 26.2 Å². The third-order valence-electron chi connectivity index (χ3n) is 2.73. The second kappa shape index (κ2) is 4.75. The zero-order valence-electron chi connectivity index (χ0n) is 9.08. The monoisotopic (exact) mass is 204 g/mol. The summed E-state index contributed by atoms with van der Waals surface area (Å²) in [5.41, 5.74) is -3.66. The standard InChI is InChI=1S/C10H20O4/c1-4-5-6-7-9(2,13)10(3,14)8(11)12/h13-14H,4-7H2,1-3H3,(H,11,12). The maximum absolute atomic E-state index is 10.7. The highest BCUT2D eigenvalue weighted by Gasteiger charge is 2.47. The zero-order valence-corrected chi connectivity index (χ0v) is 9.08. The van der Waals surface area contributed by atoms with Crippen molar-refractivity contribution in [2.24, 2.45) is 0 Å². The number of hydrogen-bond donors (Lipinski definition) is 3. The molecule has 0 aliphatic carbocycles. The van der Waals surface area contributed by atoms with E-state index in [4.69, 9.17) is 5.11 Å². The van der Waals surface area contributed by atoms with Crippen molar-refractivity contribution in [1.29, 1.82) is 0 Å². The Morgan fingerprint density at radius 1 is 1.21 bits per heavy atom. The number of aliphatic hydroxyl groups is 2. The fourth-order valence-corrected chi connectivity index (χ4v) is 1.19. The lowest BCUT2D eigenvalue weighted by molar-refractivity contribution is -0.186. The lowest BCUT2D eigenvalue weighted by Crippen LogP contribution is -2.55. The summed E-state index contributed by atoms with van der Waals surface area (Å²) in [5.74, 6) is -1.39. The van der Waals surface area contributed by atoms with Crippen molar-refractivity contribution in [1.82, 2.24) is 0 Å². The molecule has 4 heteroatoms. The molecule has 0 amide bonds. The smallest absolute Gasteiger partial charge is 0.338 e. The number of carbonyl (C=O) groups is 1. The first-order valence-electron chi connectivity index (χ1n) is 4.94. The van der Waals surface area contributed by atoms with Crippen LogP contribution in [0.3, 0.4) is 0 Å². The molecular formula is C10H20O4. The fraction of sp³-hybridized carbons (Fsp3) is 0.900. The van der Waals surface area contributed by atoms with Gasteiger partial charge in [-0.15, -0.1) is 0 Å². The van der Waals surface area contributed by atoms with Gasteiger partial charge < -0.3 is 15.3 Å². The Balaban J connectivity index is 4.36. The molecule has 2 atom stereocenters. The second-order valence-corrected chi connectivity index (χ2v) is 4.11. The first kappa shape index (κ1) is 13.4. The van der Waals surface area contributed by atoms with E-state index in [1.165, 1.54) is 6.92 Å². The number of carboxylic acids is 1. The summed E-state index contributed by atoms with van der Waals surface area (Å²) in [6, 6.07) is 0. The Bertz CT molecular complexity index is 196. The van der Waals surface area contributed by atoms with E-state index in [1.807, 2.05) is 6.92 Å². The van der Waals surface area contributed by atoms with E-state index in [2.05, 4.69) is 0 Å². The Labute approximate surface area is 84.6 Å². The van der Waals surface area contributed by atoms with Crippen molar-refractivity contribution in [3.8, 4) is 0 Å². The van der Waals surface area contributed by atoms with Crippen molar-refractivity contribution < 1.29 is 20.1 Å². The van der Waals surface area contributed by atoms with Gasteiger partial charge in [0.2, 0.25) is 0 Å². The fourth-order valence-electron chi connectivity index (χ4n) is 1.19. The van der Waals surface area contributed by atoms with E-state index in [-0.39, 0.29) is 0 Å². The highest BCUT2D eigenvalue weighted by Crippen LogP contribution is 2.27. The van der Waals surface area contributed by atoms with Gasteiger partial charge in [0.25, 0.3) is 0 Å². The van der Waals surface area contributed by atoms with Gasteiger partial charge in [-0.25, -0.2) is 4.79 Å². The molecule has 0 aliphatic heterocycles. The zero-order chi connectivity index (χ0) is 11.4. The Kier molecular flexibility index (Phi) is 4.55. The van der Waals surface area contributed by atoms with E-state index < -0.39 is 17.2 Å². The predicted molar refractivity (Wildman–Crippen MR) is 53.0 cm³/mol. The average Bonchev–Trinajstić information content (AvgIpc) is 2.04. The molecule has 0 fully saturated rings. The number of aliphatic carboxylic acids is 1. The maximum Gasteiger partial charge on any atom is 0.338 e. The van der Waals surface area contributed by atoms with Gasteiger partial charge in [0.05, 0.1) is 0 Å². The van der Waals surface area contributed by atoms with Gasteiger partial charge in [-0.05, 0) is 20.3 Å². The molecular weight excluding hydrogens is 184 g/mol. The summed E-state index contributed by atoms with van der Waals surface area (Å²) in [7, 11) is 0. The molecule has 3 N–H and O–H groups in total. The SMILES string of the molecule is CCCCCC(C)(O)C(C)(O)C(=O)O. The first-order valence-corrected chi connectivity index (χ1v) is 4.94. The first-order chi connectivity index (χ1) is 6.25. The molecule has 0 spiro atoms. The Morgan fingerprint density at radius 2 is 1.71 bits per heavy atom. The summed E-state index contributed by atoms with van der Waals surface area (Å²) in [6.45, 7) is 4.50. The van der Waals surface area contributed by atoms with Gasteiger partial charge in [0.15, 0.2) is 5.60 Å². The molecule has 14 heavy (non-hydrogen) atoms. The molecule has 4 nitrogen and oxygen atoms in total. The minimum absolute atomic E-state index is 0.292. The number of rotatable bonds is 6. The quantitative estimate of drug-likeness (QED) is 0.567. The topological polar surface area (TPSA) is 77.8 Å². The van der Waals surface area contributed by atoms with Crippen molar-refractivity contribution in [3.63, 3.8) is 0 Å². The minimum atomic E-state index is -2.08. The molecule has 0 saturated heterocycles. The molecule has 0 bridgehead atoms. The van der Waals surface area contributed by atoms with Crippen LogP contribution in [-0.4, -0.2) is 32.5 Å². The van der Waals surface area contributed by atoms with Crippen LogP contribution in [0, 0.1) is 0 Å². The molecule has 0 heterocycles. The van der Waals surface area contributed by atoms with Gasteiger partial charge in [-0.3, -0.25) is 0 Å². The summed E-state index contributed by atoms with van der Waals surface area (Å²) in [6.07, 6.45) is 2.92. The molecule has 0 saturated carbocycles. The molecule has 0 aliphatic rings. The van der Waals surface area contributed by atoms with Crippen LogP contribution >= 0.6 is 0 Å². The predicted octanol–water partition coefficient (Wildman–Crippen LogP) is 1.15. The van der Waals surface area contributed by atoms with E-state index in [0.717, 1.165) is 19.8 Å². The maximum atomic E-state index is 10.7.